The van der Waals surface area contributed by atoms with Crippen LogP contribution in [0.2, 0.25) is 0 Å². The van der Waals surface area contributed by atoms with Crippen LogP contribution in [-0.4, -0.2) is 12.7 Å². The summed E-state index contributed by atoms with van der Waals surface area (Å²) in [5.74, 6) is 3.07. The molecule has 172 valence electrons. The maximum atomic E-state index is 6.28. The molecule has 2 aliphatic rings. The molecule has 0 N–H and O–H groups in total. The van der Waals surface area contributed by atoms with Crippen molar-refractivity contribution < 1.29 is 4.74 Å². The molecule has 0 aromatic rings. The highest BCUT2D eigenvalue weighted by molar-refractivity contribution is 4.74. The van der Waals surface area contributed by atoms with Crippen molar-refractivity contribution in [1.29, 1.82) is 0 Å². The summed E-state index contributed by atoms with van der Waals surface area (Å²) >= 11 is 0. The predicted molar refractivity (Wildman–Crippen MR) is 129 cm³/mol. The van der Waals surface area contributed by atoms with E-state index >= 15 is 0 Å². The van der Waals surface area contributed by atoms with Crippen LogP contribution in [0.1, 0.15) is 149 Å². The van der Waals surface area contributed by atoms with Gasteiger partial charge in [0, 0.05) is 6.61 Å². The minimum Gasteiger partial charge on any atom is -0.378 e. The van der Waals surface area contributed by atoms with Gasteiger partial charge in [0.1, 0.15) is 0 Å². The number of hydrogen-bond acceptors (Lipinski definition) is 1. The molecule has 0 atom stereocenters. The summed E-state index contributed by atoms with van der Waals surface area (Å²) in [6.07, 6.45) is 30.8. The first-order valence-electron chi connectivity index (χ1n) is 13.9. The molecule has 0 radical (unpaired) electrons. The van der Waals surface area contributed by atoms with Crippen molar-refractivity contribution in [2.75, 3.05) is 6.61 Å². The van der Waals surface area contributed by atoms with Gasteiger partial charge in [-0.05, 0) is 56.3 Å². The molecule has 2 fully saturated rings. The molecule has 0 bridgehead atoms. The van der Waals surface area contributed by atoms with Crippen LogP contribution in [0.25, 0.3) is 0 Å². The lowest BCUT2D eigenvalue weighted by atomic mass is 9.78. The SMILES string of the molecule is CCCCCCCC1CCC(OCCC[C@H]2CC[C@H](CCCCCC)CC2)CC1. The third-order valence-electron chi connectivity index (χ3n) is 8.05. The Hall–Kier alpha value is -0.0400. The molecule has 0 aromatic carbocycles. The van der Waals surface area contributed by atoms with Gasteiger partial charge in [-0.3, -0.25) is 0 Å². The Morgan fingerprint density at radius 2 is 0.897 bits per heavy atom. The zero-order valence-corrected chi connectivity index (χ0v) is 20.3. The van der Waals surface area contributed by atoms with Gasteiger partial charge in [0.25, 0.3) is 0 Å². The highest BCUT2D eigenvalue weighted by Crippen LogP contribution is 2.34. The van der Waals surface area contributed by atoms with Gasteiger partial charge >= 0.3 is 0 Å². The highest BCUT2D eigenvalue weighted by atomic mass is 16.5. The number of ether oxygens (including phenoxy) is 1. The monoisotopic (exact) mass is 406 g/mol. The van der Waals surface area contributed by atoms with E-state index in [9.17, 15) is 0 Å². The van der Waals surface area contributed by atoms with Crippen molar-refractivity contribution in [2.45, 2.75) is 155 Å². The Kier molecular flexibility index (Phi) is 14.5. The van der Waals surface area contributed by atoms with Crippen LogP contribution in [0.15, 0.2) is 0 Å². The largest absolute Gasteiger partial charge is 0.378 e. The molecule has 2 rings (SSSR count). The molecule has 0 amide bonds. The van der Waals surface area contributed by atoms with Gasteiger partial charge < -0.3 is 4.74 Å². The lowest BCUT2D eigenvalue weighted by Gasteiger charge is -2.30. The first kappa shape index (κ1) is 25.2. The number of rotatable bonds is 16. The third-order valence-corrected chi connectivity index (χ3v) is 8.05. The zero-order chi connectivity index (χ0) is 20.6. The first-order valence-corrected chi connectivity index (χ1v) is 13.9. The van der Waals surface area contributed by atoms with E-state index in [1.165, 1.54) is 135 Å². The Labute approximate surface area is 184 Å². The van der Waals surface area contributed by atoms with E-state index in [0.717, 1.165) is 24.4 Å². The van der Waals surface area contributed by atoms with Gasteiger partial charge in [-0.15, -0.1) is 0 Å². The summed E-state index contributed by atoms with van der Waals surface area (Å²) in [4.78, 5) is 0. The van der Waals surface area contributed by atoms with Gasteiger partial charge in [0.15, 0.2) is 0 Å². The highest BCUT2D eigenvalue weighted by Gasteiger charge is 2.22. The third kappa shape index (κ3) is 11.8. The topological polar surface area (TPSA) is 9.23 Å². The van der Waals surface area contributed by atoms with Crippen molar-refractivity contribution in [1.82, 2.24) is 0 Å². The van der Waals surface area contributed by atoms with Crippen LogP contribution >= 0.6 is 0 Å². The van der Waals surface area contributed by atoms with E-state index < -0.39 is 0 Å². The quantitative estimate of drug-likeness (QED) is 0.232. The first-order chi connectivity index (χ1) is 14.3. The van der Waals surface area contributed by atoms with Crippen LogP contribution in [0.4, 0.5) is 0 Å². The zero-order valence-electron chi connectivity index (χ0n) is 20.3. The smallest absolute Gasteiger partial charge is 0.0575 e. The molecule has 29 heavy (non-hydrogen) atoms. The number of unbranched alkanes of at least 4 members (excludes halogenated alkanes) is 7. The Bertz CT molecular complexity index is 349. The molecule has 0 aromatic heterocycles. The molecular formula is C28H54O. The van der Waals surface area contributed by atoms with Gasteiger partial charge in [-0.2, -0.15) is 0 Å². The molecule has 0 heterocycles. The van der Waals surface area contributed by atoms with Crippen molar-refractivity contribution in [3.8, 4) is 0 Å². The average molecular weight is 407 g/mol. The Morgan fingerprint density at radius 1 is 0.483 bits per heavy atom. The van der Waals surface area contributed by atoms with E-state index in [2.05, 4.69) is 13.8 Å². The fourth-order valence-electron chi connectivity index (χ4n) is 5.91. The molecule has 2 saturated carbocycles. The second kappa shape index (κ2) is 16.6. The molecule has 1 heteroatoms. The minimum absolute atomic E-state index is 0.588. The van der Waals surface area contributed by atoms with E-state index in [0.29, 0.717) is 6.10 Å². The lowest BCUT2D eigenvalue weighted by molar-refractivity contribution is 0.0131. The predicted octanol–water partition coefficient (Wildman–Crippen LogP) is 9.48. The van der Waals surface area contributed by atoms with E-state index in [-0.39, 0.29) is 0 Å². The van der Waals surface area contributed by atoms with Crippen molar-refractivity contribution in [3.05, 3.63) is 0 Å². The Morgan fingerprint density at radius 3 is 1.41 bits per heavy atom. The fraction of sp³-hybridized carbons (Fsp3) is 1.00. The fourth-order valence-corrected chi connectivity index (χ4v) is 5.91. The van der Waals surface area contributed by atoms with Crippen LogP contribution in [0.3, 0.4) is 0 Å². The van der Waals surface area contributed by atoms with Crippen LogP contribution < -0.4 is 0 Å². The molecule has 1 nitrogen and oxygen atoms in total. The second-order valence-corrected chi connectivity index (χ2v) is 10.6. The van der Waals surface area contributed by atoms with E-state index in [1.807, 2.05) is 0 Å². The lowest BCUT2D eigenvalue weighted by Crippen LogP contribution is -2.22. The summed E-state index contributed by atoms with van der Waals surface area (Å²) in [6.45, 7) is 5.65. The summed E-state index contributed by atoms with van der Waals surface area (Å²) in [6, 6.07) is 0. The molecule has 0 saturated heterocycles. The van der Waals surface area contributed by atoms with Gasteiger partial charge in [-0.1, -0.05) is 110 Å². The van der Waals surface area contributed by atoms with Crippen LogP contribution in [-0.2, 0) is 4.74 Å². The van der Waals surface area contributed by atoms with Crippen molar-refractivity contribution in [2.24, 2.45) is 17.8 Å². The average Bonchev–Trinajstić information content (AvgIpc) is 2.76. The summed E-state index contributed by atoms with van der Waals surface area (Å²) in [5, 5.41) is 0. The number of hydrogen-bond donors (Lipinski definition) is 0. The standard InChI is InChI=1S/C28H54O/c1-3-5-7-9-11-14-26-20-22-28(23-21-26)29-24-12-15-27-18-16-25(17-19-27)13-10-8-6-4-2/h25-28H,3-24H2,1-2H3/t25-,26?,27-,28?. The van der Waals surface area contributed by atoms with Crippen LogP contribution in [0, 0.1) is 17.8 Å². The van der Waals surface area contributed by atoms with E-state index in [4.69, 9.17) is 4.74 Å². The summed E-state index contributed by atoms with van der Waals surface area (Å²) < 4.78 is 6.28. The maximum Gasteiger partial charge on any atom is 0.0575 e. The van der Waals surface area contributed by atoms with Gasteiger partial charge in [0.2, 0.25) is 0 Å². The summed E-state index contributed by atoms with van der Waals surface area (Å²) in [7, 11) is 0. The molecule has 0 unspecified atom stereocenters. The molecule has 0 spiro atoms. The Balaban J connectivity index is 1.40. The molecule has 0 aliphatic heterocycles. The minimum atomic E-state index is 0.588. The van der Waals surface area contributed by atoms with Crippen molar-refractivity contribution >= 4 is 0 Å². The molecule has 2 aliphatic carbocycles. The summed E-state index contributed by atoms with van der Waals surface area (Å²) in [5.41, 5.74) is 0. The van der Waals surface area contributed by atoms with Gasteiger partial charge in [-0.25, -0.2) is 0 Å². The van der Waals surface area contributed by atoms with Gasteiger partial charge in [0.05, 0.1) is 6.10 Å². The van der Waals surface area contributed by atoms with Crippen LogP contribution in [0.5, 0.6) is 0 Å². The normalized spacial score (nSPS) is 27.9. The maximum absolute atomic E-state index is 6.28. The van der Waals surface area contributed by atoms with Crippen molar-refractivity contribution in [3.63, 3.8) is 0 Å². The molecular weight excluding hydrogens is 352 g/mol. The van der Waals surface area contributed by atoms with E-state index in [1.54, 1.807) is 0 Å². The second-order valence-electron chi connectivity index (χ2n) is 10.6.